The van der Waals surface area contributed by atoms with Gasteiger partial charge in [-0.2, -0.15) is 0 Å². The Morgan fingerprint density at radius 1 is 0.408 bits per heavy atom. The summed E-state index contributed by atoms with van der Waals surface area (Å²) in [5, 5.41) is 0. The molecular weight excluding hydrogens is 1840 g/mol. The Hall–Kier alpha value is 3.65. The zero-order chi connectivity index (χ0) is 38.3. The number of hydrogen-bond acceptors (Lipinski definition) is 0. The summed E-state index contributed by atoms with van der Waals surface area (Å²) in [4.78, 5) is 0. The van der Waals surface area contributed by atoms with Gasteiger partial charge in [-0.05, 0) is 0 Å². The van der Waals surface area contributed by atoms with Crippen LogP contribution >= 0.6 is 203 Å². The molecule has 0 aliphatic heterocycles. The van der Waals surface area contributed by atoms with E-state index in [2.05, 4.69) is 0 Å². The van der Waals surface area contributed by atoms with Crippen molar-refractivity contribution in [3.63, 3.8) is 0 Å². The first kappa shape index (κ1) is 47.0. The van der Waals surface area contributed by atoms with Crippen LogP contribution in [0.1, 0.15) is 5.56 Å². The average molecular weight is 1840 g/mol. The van der Waals surface area contributed by atoms with Crippen LogP contribution in [0.3, 0.4) is 0 Å². The topological polar surface area (TPSA) is 0 Å². The molecule has 274 valence electrons. The van der Waals surface area contributed by atoms with Gasteiger partial charge < -0.3 is 0 Å². The molecule has 0 fully saturated rings. The predicted octanol–water partition coefficient (Wildman–Crippen LogP) is 11.3. The molecule has 4 unspecified atom stereocenters. The number of hydrogen-bond donors (Lipinski definition) is 0. The molecule has 0 heterocycles. The summed E-state index contributed by atoms with van der Waals surface area (Å²) in [7, 11) is 0. The van der Waals surface area contributed by atoms with Crippen LogP contribution in [-0.2, 0) is 0 Å². The molecule has 25 heteroatoms. The van der Waals surface area contributed by atoms with E-state index in [1.165, 1.54) is 67.8 Å². The summed E-state index contributed by atoms with van der Waals surface area (Å²) in [6.45, 7) is 0. The molecule has 0 bridgehead atoms. The standard InChI is InChI=1S/C24H2F15I10/c25-4-3(13(40)18(45)15(42)8(4)29)1-2-49(19-9(30)6(27)5(26)7(28)10(19)31,20-16(43)11(32)14(41)12(33)17(20)44)24(39,48)22(35,47)21(34,46)23(36,37)38/h1-2H/q-1/b2-1+. The molecule has 3 aromatic rings. The van der Waals surface area contributed by atoms with Crippen LogP contribution in [0.4, 0.5) is 65.9 Å². The minimum absolute atomic E-state index is 0.0294. The van der Waals surface area contributed by atoms with Crippen LogP contribution in [0.2, 0.25) is 0 Å². The summed E-state index contributed by atoms with van der Waals surface area (Å²) < 4.78 is 207. The van der Waals surface area contributed by atoms with Gasteiger partial charge in [-0.25, -0.2) is 0 Å². The van der Waals surface area contributed by atoms with Crippen molar-refractivity contribution in [3.8, 4) is 0 Å². The number of alkyl halides is 10. The summed E-state index contributed by atoms with van der Waals surface area (Å²) >= 11 is -0.463. The molecule has 0 amide bonds. The fraction of sp³-hybridized carbons (Fsp3) is 0.167. The van der Waals surface area contributed by atoms with Crippen molar-refractivity contribution in [1.29, 1.82) is 0 Å². The second kappa shape index (κ2) is 16.5. The second-order valence-corrected chi connectivity index (χ2v) is 29.6. The molecule has 3 rings (SSSR count). The number of rotatable bonds is 7. The van der Waals surface area contributed by atoms with Gasteiger partial charge >= 0.3 is 399 Å². The molecule has 0 aliphatic carbocycles. The first-order valence-corrected chi connectivity index (χ1v) is 25.4. The van der Waals surface area contributed by atoms with Gasteiger partial charge in [-0.15, -0.1) is 0 Å². The van der Waals surface area contributed by atoms with Crippen LogP contribution in [0.5, 0.6) is 0 Å². The molecule has 49 heavy (non-hydrogen) atoms. The summed E-state index contributed by atoms with van der Waals surface area (Å²) in [6.07, 6.45) is -6.11. The summed E-state index contributed by atoms with van der Waals surface area (Å²) in [5.41, 5.74) is -0.960. The van der Waals surface area contributed by atoms with E-state index < -0.39 is 109 Å². The molecule has 4 atom stereocenters. The van der Waals surface area contributed by atoms with Gasteiger partial charge in [0.15, 0.2) is 0 Å². The molecule has 0 aromatic heterocycles. The van der Waals surface area contributed by atoms with Crippen molar-refractivity contribution in [1.82, 2.24) is 0 Å². The molecule has 0 aliphatic rings. The van der Waals surface area contributed by atoms with Crippen LogP contribution in [0.15, 0.2) is 4.08 Å². The number of halogens is 25. The van der Waals surface area contributed by atoms with E-state index in [1.807, 2.05) is 0 Å². The van der Waals surface area contributed by atoms with Gasteiger partial charge in [-0.1, -0.05) is 0 Å². The quantitative estimate of drug-likeness (QED) is 0.0727. The molecule has 0 N–H and O–H groups in total. The zero-order valence-corrected chi connectivity index (χ0v) is 43.2. The van der Waals surface area contributed by atoms with Gasteiger partial charge in [0.2, 0.25) is 0 Å². The van der Waals surface area contributed by atoms with Crippen molar-refractivity contribution in [3.05, 3.63) is 90.6 Å². The second-order valence-electron chi connectivity index (χ2n) is 8.80. The summed E-state index contributed by atoms with van der Waals surface area (Å²) in [6, 6.07) is 0. The van der Waals surface area contributed by atoms with Crippen molar-refractivity contribution < 1.29 is 84.3 Å². The van der Waals surface area contributed by atoms with E-state index in [0.29, 0.717) is 0 Å². The minimum atomic E-state index is -7.63. The number of benzene rings is 3. The third kappa shape index (κ3) is 7.57. The van der Waals surface area contributed by atoms with E-state index in [0.717, 1.165) is 67.8 Å². The first-order valence-electron chi connectivity index (χ1n) is 11.2. The van der Waals surface area contributed by atoms with Gasteiger partial charge in [0.1, 0.15) is 0 Å². The molecule has 0 saturated carbocycles. The fourth-order valence-corrected chi connectivity index (χ4v) is 30.6. The summed E-state index contributed by atoms with van der Waals surface area (Å²) in [5.74, 6) is -21.3. The van der Waals surface area contributed by atoms with Gasteiger partial charge in [-0.3, -0.25) is 0 Å². The molecule has 0 saturated heterocycles. The molecule has 3 aromatic carbocycles. The first-order chi connectivity index (χ1) is 22.0. The van der Waals surface area contributed by atoms with Crippen molar-refractivity contribution >= 4 is 209 Å². The molecule has 0 spiro atoms. The maximum atomic E-state index is 17.9. The monoisotopic (exact) mass is 1840 g/mol. The van der Waals surface area contributed by atoms with Crippen LogP contribution in [0, 0.1) is 80.9 Å². The van der Waals surface area contributed by atoms with Crippen LogP contribution in [0.25, 0.3) is 6.08 Å². The van der Waals surface area contributed by atoms with Gasteiger partial charge in [0, 0.05) is 0 Å². The Morgan fingerprint density at radius 3 is 1.22 bits per heavy atom. The van der Waals surface area contributed by atoms with E-state index in [1.54, 1.807) is 0 Å². The van der Waals surface area contributed by atoms with E-state index >= 15 is 35.1 Å². The molecular formula is C24H2F15I10-. The SMILES string of the molecule is Fc1c(F)c(F)c([I-](/C=C/c2c(F)c(F)c(I)c(I)c2I)(c2c(I)c(F)c(I)c(F)c2I)C(F)(I)C(F)(I)C(F)(I)C(F)(F)F)c(F)c1F. The Kier molecular flexibility index (Phi) is 15.8. The molecule has 0 radical (unpaired) electrons. The average Bonchev–Trinajstić information content (AvgIpc) is 3.01. The van der Waals surface area contributed by atoms with Crippen LogP contribution < -0.4 is 18.4 Å². The van der Waals surface area contributed by atoms with Gasteiger partial charge in [0.25, 0.3) is 0 Å². The predicted molar refractivity (Wildman–Crippen MR) is 221 cm³/mol. The van der Waals surface area contributed by atoms with Gasteiger partial charge in [0.05, 0.1) is 0 Å². The Balaban J connectivity index is 2.94. The third-order valence-electron chi connectivity index (χ3n) is 6.05. The van der Waals surface area contributed by atoms with E-state index in [4.69, 9.17) is 0 Å². The van der Waals surface area contributed by atoms with Crippen molar-refractivity contribution in [2.24, 2.45) is 0 Å². The van der Waals surface area contributed by atoms with Crippen LogP contribution in [-0.4, -0.2) is 15.2 Å². The van der Waals surface area contributed by atoms with E-state index in [-0.39, 0.29) is 88.6 Å². The maximum absolute atomic E-state index is 17.9. The zero-order valence-electron chi connectivity index (χ0n) is 21.6. The van der Waals surface area contributed by atoms with Crippen molar-refractivity contribution in [2.45, 2.75) is 15.2 Å². The third-order valence-corrected chi connectivity index (χ3v) is 37.1. The molecule has 0 nitrogen and oxygen atoms in total. The fourth-order valence-electron chi connectivity index (χ4n) is 3.69. The van der Waals surface area contributed by atoms with Crippen molar-refractivity contribution in [2.75, 3.05) is 0 Å². The Bertz CT molecular complexity index is 1750. The Morgan fingerprint density at radius 2 is 0.816 bits per heavy atom. The van der Waals surface area contributed by atoms with E-state index in [9.17, 15) is 30.7 Å². The normalized spacial score (nSPS) is 18.2. The Labute approximate surface area is 392 Å².